The van der Waals surface area contributed by atoms with Gasteiger partial charge in [-0.05, 0) is 19.1 Å². The molecule has 0 saturated heterocycles. The number of carbonyl (C=O) groups is 1. The fourth-order valence-corrected chi connectivity index (χ4v) is 1.57. The van der Waals surface area contributed by atoms with E-state index in [0.717, 1.165) is 12.2 Å². The molecule has 2 heterocycles. The van der Waals surface area contributed by atoms with Crippen LogP contribution in [0, 0.1) is 0 Å². The Morgan fingerprint density at radius 1 is 1.56 bits per heavy atom. The fourth-order valence-electron chi connectivity index (χ4n) is 1.57. The van der Waals surface area contributed by atoms with Crippen molar-refractivity contribution in [3.8, 4) is 0 Å². The Balaban J connectivity index is 1.81. The Bertz CT molecular complexity index is 504. The summed E-state index contributed by atoms with van der Waals surface area (Å²) in [5.41, 5.74) is -0.0783. The smallest absolute Gasteiger partial charge is 0.358 e. The molecule has 1 unspecified atom stereocenters. The number of nitrogens with one attached hydrogen (secondary N) is 1. The molecule has 6 nitrogen and oxygen atoms in total. The van der Waals surface area contributed by atoms with Crippen molar-refractivity contribution >= 4 is 5.97 Å². The number of furan rings is 1. The standard InChI is InChI=1S/C12H14N2O4/c1-8(5-9-3-2-4-17-9)13-7-10-6-11(12(15)16)14-18-10/h2-4,6,8,13H,5,7H2,1H3,(H,15,16). The predicted octanol–water partition coefficient (Wildman–Crippen LogP) is 1.69. The summed E-state index contributed by atoms with van der Waals surface area (Å²) in [6.07, 6.45) is 2.39. The molecule has 2 rings (SSSR count). The summed E-state index contributed by atoms with van der Waals surface area (Å²) in [7, 11) is 0. The number of hydrogen-bond acceptors (Lipinski definition) is 5. The zero-order valence-corrected chi connectivity index (χ0v) is 9.92. The van der Waals surface area contributed by atoms with Crippen molar-refractivity contribution in [1.29, 1.82) is 0 Å². The van der Waals surface area contributed by atoms with E-state index < -0.39 is 5.97 Å². The van der Waals surface area contributed by atoms with E-state index in [1.54, 1.807) is 6.26 Å². The van der Waals surface area contributed by atoms with Gasteiger partial charge >= 0.3 is 5.97 Å². The van der Waals surface area contributed by atoms with Crippen molar-refractivity contribution in [1.82, 2.24) is 10.5 Å². The lowest BCUT2D eigenvalue weighted by Crippen LogP contribution is -2.27. The normalized spacial score (nSPS) is 12.5. The summed E-state index contributed by atoms with van der Waals surface area (Å²) in [6.45, 7) is 2.44. The molecule has 6 heteroatoms. The number of aromatic carboxylic acids is 1. The zero-order valence-electron chi connectivity index (χ0n) is 9.92. The Labute approximate surface area is 104 Å². The Kier molecular flexibility index (Phi) is 3.78. The van der Waals surface area contributed by atoms with E-state index in [-0.39, 0.29) is 11.7 Å². The SMILES string of the molecule is CC(Cc1ccco1)NCc1cc(C(=O)O)no1. The van der Waals surface area contributed by atoms with Crippen molar-refractivity contribution in [2.75, 3.05) is 0 Å². The van der Waals surface area contributed by atoms with Crippen molar-refractivity contribution in [3.63, 3.8) is 0 Å². The van der Waals surface area contributed by atoms with Crippen LogP contribution in [0.1, 0.15) is 28.9 Å². The second-order valence-corrected chi connectivity index (χ2v) is 4.05. The summed E-state index contributed by atoms with van der Waals surface area (Å²) < 4.78 is 10.1. The average Bonchev–Trinajstić information content (AvgIpc) is 2.96. The summed E-state index contributed by atoms with van der Waals surface area (Å²) in [6, 6.07) is 5.36. The van der Waals surface area contributed by atoms with Crippen molar-refractivity contribution in [2.45, 2.75) is 25.9 Å². The lowest BCUT2D eigenvalue weighted by Gasteiger charge is -2.10. The third kappa shape index (κ3) is 3.21. The summed E-state index contributed by atoms with van der Waals surface area (Å²) in [5.74, 6) is 0.311. The van der Waals surface area contributed by atoms with Crippen LogP contribution in [-0.2, 0) is 13.0 Å². The molecule has 0 radical (unpaired) electrons. The summed E-state index contributed by atoms with van der Waals surface area (Å²) >= 11 is 0. The van der Waals surface area contributed by atoms with Gasteiger partial charge in [-0.15, -0.1) is 0 Å². The minimum atomic E-state index is -1.09. The summed E-state index contributed by atoms with van der Waals surface area (Å²) in [4.78, 5) is 10.6. The van der Waals surface area contributed by atoms with Gasteiger partial charge in [0.1, 0.15) is 5.76 Å². The number of hydrogen-bond donors (Lipinski definition) is 2. The highest BCUT2D eigenvalue weighted by molar-refractivity contribution is 5.85. The van der Waals surface area contributed by atoms with Crippen LogP contribution in [0.25, 0.3) is 0 Å². The molecule has 0 spiro atoms. The highest BCUT2D eigenvalue weighted by Gasteiger charge is 2.11. The minimum absolute atomic E-state index is 0.0783. The van der Waals surface area contributed by atoms with Gasteiger partial charge in [0.2, 0.25) is 0 Å². The van der Waals surface area contributed by atoms with E-state index in [0.29, 0.717) is 12.3 Å². The van der Waals surface area contributed by atoms with Crippen molar-refractivity contribution < 1.29 is 18.8 Å². The molecule has 0 saturated carbocycles. The van der Waals surface area contributed by atoms with Crippen LogP contribution in [-0.4, -0.2) is 22.3 Å². The molecule has 2 aromatic rings. The highest BCUT2D eigenvalue weighted by atomic mass is 16.5. The maximum absolute atomic E-state index is 10.6. The van der Waals surface area contributed by atoms with Crippen molar-refractivity contribution in [2.24, 2.45) is 0 Å². The Morgan fingerprint density at radius 2 is 2.39 bits per heavy atom. The van der Waals surface area contributed by atoms with Gasteiger partial charge in [-0.3, -0.25) is 0 Å². The first-order valence-electron chi connectivity index (χ1n) is 5.60. The van der Waals surface area contributed by atoms with Crippen LogP contribution in [0.15, 0.2) is 33.4 Å². The number of nitrogens with zero attached hydrogens (tertiary/aromatic N) is 1. The molecule has 18 heavy (non-hydrogen) atoms. The largest absolute Gasteiger partial charge is 0.476 e. The molecule has 0 aliphatic rings. The average molecular weight is 250 g/mol. The molecule has 0 bridgehead atoms. The van der Waals surface area contributed by atoms with Gasteiger partial charge in [-0.25, -0.2) is 4.79 Å². The van der Waals surface area contributed by atoms with Gasteiger partial charge in [-0.2, -0.15) is 0 Å². The highest BCUT2D eigenvalue weighted by Crippen LogP contribution is 2.06. The van der Waals surface area contributed by atoms with Crippen LogP contribution in [0.5, 0.6) is 0 Å². The molecule has 0 fully saturated rings. The van der Waals surface area contributed by atoms with Gasteiger partial charge in [-0.1, -0.05) is 5.16 Å². The quantitative estimate of drug-likeness (QED) is 0.811. The molecule has 0 aliphatic carbocycles. The topological polar surface area (TPSA) is 88.5 Å². The molecule has 2 aromatic heterocycles. The second kappa shape index (κ2) is 5.50. The predicted molar refractivity (Wildman–Crippen MR) is 62.2 cm³/mol. The van der Waals surface area contributed by atoms with Crippen LogP contribution in [0.3, 0.4) is 0 Å². The first-order chi connectivity index (χ1) is 8.65. The van der Waals surface area contributed by atoms with E-state index in [1.807, 2.05) is 19.1 Å². The molecule has 2 N–H and O–H groups in total. The zero-order chi connectivity index (χ0) is 13.0. The lowest BCUT2D eigenvalue weighted by atomic mass is 10.2. The molecule has 96 valence electrons. The number of aromatic nitrogens is 1. The van der Waals surface area contributed by atoms with E-state index in [1.165, 1.54) is 6.07 Å². The monoisotopic (exact) mass is 250 g/mol. The maximum atomic E-state index is 10.6. The minimum Gasteiger partial charge on any atom is -0.476 e. The third-order valence-corrected chi connectivity index (χ3v) is 2.49. The van der Waals surface area contributed by atoms with E-state index >= 15 is 0 Å². The van der Waals surface area contributed by atoms with Crippen LogP contribution >= 0.6 is 0 Å². The van der Waals surface area contributed by atoms with Crippen molar-refractivity contribution in [3.05, 3.63) is 41.7 Å². The van der Waals surface area contributed by atoms with Crippen LogP contribution in [0.2, 0.25) is 0 Å². The van der Waals surface area contributed by atoms with Gasteiger partial charge in [0, 0.05) is 18.5 Å². The van der Waals surface area contributed by atoms with Gasteiger partial charge in [0.15, 0.2) is 11.5 Å². The van der Waals surface area contributed by atoms with Crippen LogP contribution in [0.4, 0.5) is 0 Å². The molecular weight excluding hydrogens is 236 g/mol. The fraction of sp³-hybridized carbons (Fsp3) is 0.333. The Hall–Kier alpha value is -2.08. The lowest BCUT2D eigenvalue weighted by molar-refractivity contribution is 0.0685. The number of carboxylic acids is 1. The third-order valence-electron chi connectivity index (χ3n) is 2.49. The van der Waals surface area contributed by atoms with E-state index in [9.17, 15) is 4.79 Å². The van der Waals surface area contributed by atoms with E-state index in [4.69, 9.17) is 14.0 Å². The molecule has 0 aliphatic heterocycles. The van der Waals surface area contributed by atoms with Gasteiger partial charge < -0.3 is 19.4 Å². The summed E-state index contributed by atoms with van der Waals surface area (Å²) in [5, 5.41) is 15.3. The number of rotatable bonds is 6. The molecule has 0 aromatic carbocycles. The molecule has 0 amide bonds. The van der Waals surface area contributed by atoms with Crippen LogP contribution < -0.4 is 5.32 Å². The number of carboxylic acid groups (broad SMARTS) is 1. The first-order valence-corrected chi connectivity index (χ1v) is 5.60. The maximum Gasteiger partial charge on any atom is 0.358 e. The Morgan fingerprint density at radius 3 is 3.00 bits per heavy atom. The molecule has 1 atom stereocenters. The second-order valence-electron chi connectivity index (χ2n) is 4.05. The molecular formula is C12H14N2O4. The van der Waals surface area contributed by atoms with E-state index in [2.05, 4.69) is 10.5 Å². The first kappa shape index (κ1) is 12.4. The van der Waals surface area contributed by atoms with Gasteiger partial charge in [0.05, 0.1) is 12.8 Å². The van der Waals surface area contributed by atoms with Gasteiger partial charge in [0.25, 0.3) is 0 Å².